The fourth-order valence-corrected chi connectivity index (χ4v) is 3.83. The molecule has 3 aromatic carbocycles. The summed E-state index contributed by atoms with van der Waals surface area (Å²) < 4.78 is 11.1. The summed E-state index contributed by atoms with van der Waals surface area (Å²) in [5.41, 5.74) is 5.35. The number of aromatic nitrogens is 2. The van der Waals surface area contributed by atoms with E-state index in [1.807, 2.05) is 49.4 Å². The van der Waals surface area contributed by atoms with Crippen LogP contribution in [-0.2, 0) is 0 Å². The molecule has 0 saturated heterocycles. The van der Waals surface area contributed by atoms with Gasteiger partial charge >= 0.3 is 0 Å². The lowest BCUT2D eigenvalue weighted by atomic mass is 9.97. The summed E-state index contributed by atoms with van der Waals surface area (Å²) in [4.78, 5) is 16.9. The summed E-state index contributed by atoms with van der Waals surface area (Å²) in [5, 5.41) is 6.87. The number of amides is 1. The van der Waals surface area contributed by atoms with Gasteiger partial charge in [0.25, 0.3) is 5.91 Å². The van der Waals surface area contributed by atoms with Gasteiger partial charge in [-0.25, -0.2) is 0 Å². The average Bonchev–Trinajstić information content (AvgIpc) is 3.20. The highest BCUT2D eigenvalue weighted by Crippen LogP contribution is 2.29. The minimum Gasteiger partial charge on any atom is -0.496 e. The number of hydrogen-bond acceptors (Lipinski definition) is 5. The van der Waals surface area contributed by atoms with E-state index in [0.29, 0.717) is 28.7 Å². The summed E-state index contributed by atoms with van der Waals surface area (Å²) in [6.07, 6.45) is 0. The molecule has 0 aliphatic carbocycles. The third kappa shape index (κ3) is 4.51. The number of rotatable bonds is 5. The Labute approximate surface area is 188 Å². The lowest BCUT2D eigenvalue weighted by Crippen LogP contribution is -2.11. The van der Waals surface area contributed by atoms with Crippen LogP contribution in [0.15, 0.2) is 69.7 Å². The van der Waals surface area contributed by atoms with E-state index in [0.717, 1.165) is 26.7 Å². The number of benzene rings is 3. The van der Waals surface area contributed by atoms with Gasteiger partial charge in [-0.2, -0.15) is 4.98 Å². The van der Waals surface area contributed by atoms with Crippen LogP contribution in [0.3, 0.4) is 0 Å². The third-order valence-electron chi connectivity index (χ3n) is 4.88. The molecular formula is C24H20BrN3O3. The quantitative estimate of drug-likeness (QED) is 0.378. The molecule has 0 unspecified atom stereocenters. The Morgan fingerprint density at radius 3 is 2.35 bits per heavy atom. The number of nitrogens with zero attached hydrogens (tertiary/aromatic N) is 2. The maximum Gasteiger partial charge on any atom is 0.255 e. The highest BCUT2D eigenvalue weighted by molar-refractivity contribution is 9.10. The lowest BCUT2D eigenvalue weighted by Gasteiger charge is -2.10. The Kier molecular flexibility index (Phi) is 5.86. The predicted octanol–water partition coefficient (Wildman–Crippen LogP) is 6.04. The third-order valence-corrected chi connectivity index (χ3v) is 5.50. The van der Waals surface area contributed by atoms with Crippen molar-refractivity contribution in [2.75, 3.05) is 12.4 Å². The molecule has 6 nitrogen and oxygen atoms in total. The first kappa shape index (κ1) is 20.8. The van der Waals surface area contributed by atoms with Crippen LogP contribution in [0.5, 0.6) is 5.75 Å². The fourth-order valence-electron chi connectivity index (χ4n) is 3.29. The Morgan fingerprint density at radius 2 is 1.74 bits per heavy atom. The van der Waals surface area contributed by atoms with Gasteiger partial charge < -0.3 is 14.6 Å². The molecular weight excluding hydrogens is 458 g/mol. The van der Waals surface area contributed by atoms with Crippen LogP contribution < -0.4 is 10.1 Å². The number of carbonyl (C=O) groups is 1. The molecule has 0 bridgehead atoms. The SMILES string of the molecule is COc1ccc(NC(=O)c2ccc(-c3ccc(-c4noc(C)n4)cc3C)cc2)cc1Br. The molecule has 1 amide bonds. The van der Waals surface area contributed by atoms with Crippen molar-refractivity contribution in [1.82, 2.24) is 10.1 Å². The molecule has 4 aromatic rings. The summed E-state index contributed by atoms with van der Waals surface area (Å²) in [6.45, 7) is 3.80. The van der Waals surface area contributed by atoms with Gasteiger partial charge in [-0.15, -0.1) is 0 Å². The van der Waals surface area contributed by atoms with E-state index >= 15 is 0 Å². The topological polar surface area (TPSA) is 77.2 Å². The minimum absolute atomic E-state index is 0.178. The van der Waals surface area contributed by atoms with Crippen molar-refractivity contribution in [2.45, 2.75) is 13.8 Å². The van der Waals surface area contributed by atoms with Crippen LogP contribution in [0.4, 0.5) is 5.69 Å². The first-order valence-electron chi connectivity index (χ1n) is 9.61. The van der Waals surface area contributed by atoms with Crippen LogP contribution in [0.2, 0.25) is 0 Å². The zero-order valence-corrected chi connectivity index (χ0v) is 18.9. The Bertz CT molecular complexity index is 1250. The van der Waals surface area contributed by atoms with Gasteiger partial charge in [0.1, 0.15) is 5.75 Å². The highest BCUT2D eigenvalue weighted by atomic mass is 79.9. The molecule has 1 heterocycles. The van der Waals surface area contributed by atoms with Gasteiger partial charge in [0.2, 0.25) is 11.7 Å². The van der Waals surface area contributed by atoms with Crippen LogP contribution in [-0.4, -0.2) is 23.2 Å². The molecule has 0 aliphatic heterocycles. The molecule has 0 fully saturated rings. The standard InChI is InChI=1S/C24H20BrN3O3/c1-14-12-18(23-26-15(2)31-28-23)8-10-20(14)16-4-6-17(7-5-16)24(29)27-19-9-11-22(30-3)21(25)13-19/h4-13H,1-3H3,(H,27,29). The van der Waals surface area contributed by atoms with E-state index in [2.05, 4.69) is 31.4 Å². The van der Waals surface area contributed by atoms with Crippen molar-refractivity contribution in [3.63, 3.8) is 0 Å². The largest absolute Gasteiger partial charge is 0.496 e. The van der Waals surface area contributed by atoms with E-state index < -0.39 is 0 Å². The van der Waals surface area contributed by atoms with Crippen molar-refractivity contribution in [2.24, 2.45) is 0 Å². The highest BCUT2D eigenvalue weighted by Gasteiger charge is 2.11. The van der Waals surface area contributed by atoms with Crippen molar-refractivity contribution in [3.05, 3.63) is 82.2 Å². The van der Waals surface area contributed by atoms with Crippen LogP contribution in [0, 0.1) is 13.8 Å². The second-order valence-electron chi connectivity index (χ2n) is 7.05. The van der Waals surface area contributed by atoms with E-state index in [1.54, 1.807) is 32.2 Å². The maximum absolute atomic E-state index is 12.6. The summed E-state index contributed by atoms with van der Waals surface area (Å²) in [7, 11) is 1.60. The molecule has 7 heteroatoms. The van der Waals surface area contributed by atoms with E-state index in [1.165, 1.54) is 0 Å². The first-order chi connectivity index (χ1) is 14.9. The second-order valence-corrected chi connectivity index (χ2v) is 7.90. The molecule has 156 valence electrons. The molecule has 0 aliphatic rings. The number of methoxy groups -OCH3 is 1. The molecule has 1 aromatic heterocycles. The Balaban J connectivity index is 1.51. The molecule has 0 saturated carbocycles. The molecule has 1 N–H and O–H groups in total. The number of carbonyl (C=O) groups excluding carboxylic acids is 1. The van der Waals surface area contributed by atoms with Gasteiger partial charge in [-0.05, 0) is 75.9 Å². The van der Waals surface area contributed by atoms with Crippen LogP contribution in [0.25, 0.3) is 22.5 Å². The monoisotopic (exact) mass is 477 g/mol. The van der Waals surface area contributed by atoms with E-state index in [4.69, 9.17) is 9.26 Å². The van der Waals surface area contributed by atoms with Crippen LogP contribution >= 0.6 is 15.9 Å². The Hall–Kier alpha value is -3.45. The number of hydrogen-bond donors (Lipinski definition) is 1. The normalized spacial score (nSPS) is 10.7. The van der Waals surface area contributed by atoms with Crippen LogP contribution in [0.1, 0.15) is 21.8 Å². The van der Waals surface area contributed by atoms with Gasteiger partial charge in [0.05, 0.1) is 11.6 Å². The maximum atomic E-state index is 12.6. The lowest BCUT2D eigenvalue weighted by molar-refractivity contribution is 0.102. The van der Waals surface area contributed by atoms with E-state index in [9.17, 15) is 4.79 Å². The molecule has 0 spiro atoms. The molecule has 0 atom stereocenters. The number of aryl methyl sites for hydroxylation is 2. The smallest absolute Gasteiger partial charge is 0.255 e. The molecule has 0 radical (unpaired) electrons. The van der Waals surface area contributed by atoms with Crippen molar-refractivity contribution in [1.29, 1.82) is 0 Å². The number of nitrogens with one attached hydrogen (secondary N) is 1. The van der Waals surface area contributed by atoms with Gasteiger partial charge in [0, 0.05) is 23.7 Å². The van der Waals surface area contributed by atoms with Crippen molar-refractivity contribution < 1.29 is 14.1 Å². The number of ether oxygens (including phenoxy) is 1. The van der Waals surface area contributed by atoms with Gasteiger partial charge in [-0.1, -0.05) is 29.4 Å². The zero-order valence-electron chi connectivity index (χ0n) is 17.3. The zero-order chi connectivity index (χ0) is 22.0. The first-order valence-corrected chi connectivity index (χ1v) is 10.4. The summed E-state index contributed by atoms with van der Waals surface area (Å²) in [6, 6.07) is 19.0. The van der Waals surface area contributed by atoms with Gasteiger partial charge in [0.15, 0.2) is 0 Å². The second kappa shape index (κ2) is 8.73. The molecule has 4 rings (SSSR count). The predicted molar refractivity (Wildman–Crippen MR) is 123 cm³/mol. The van der Waals surface area contributed by atoms with Crippen molar-refractivity contribution in [3.8, 4) is 28.3 Å². The average molecular weight is 478 g/mol. The number of halogens is 1. The summed E-state index contributed by atoms with van der Waals surface area (Å²) >= 11 is 3.43. The minimum atomic E-state index is -0.178. The molecule has 31 heavy (non-hydrogen) atoms. The van der Waals surface area contributed by atoms with E-state index in [-0.39, 0.29) is 5.91 Å². The fraction of sp³-hybridized carbons (Fsp3) is 0.125. The van der Waals surface area contributed by atoms with Crippen molar-refractivity contribution >= 4 is 27.5 Å². The van der Waals surface area contributed by atoms with Gasteiger partial charge in [-0.3, -0.25) is 4.79 Å². The summed E-state index contributed by atoms with van der Waals surface area (Å²) in [5.74, 6) is 1.64. The Morgan fingerprint density at radius 1 is 1.00 bits per heavy atom. The number of anilines is 1.